The van der Waals surface area contributed by atoms with E-state index in [1.54, 1.807) is 7.11 Å². The van der Waals surface area contributed by atoms with Crippen molar-refractivity contribution in [3.8, 4) is 0 Å². The molecular formula is C12H22N4O. The Morgan fingerprint density at radius 1 is 1.53 bits per heavy atom. The molecule has 5 heteroatoms. The van der Waals surface area contributed by atoms with Crippen LogP contribution in [0, 0.1) is 5.92 Å². The van der Waals surface area contributed by atoms with Crippen molar-refractivity contribution in [1.29, 1.82) is 0 Å². The Morgan fingerprint density at radius 3 is 2.82 bits per heavy atom. The fraction of sp³-hybridized carbons (Fsp3) is 0.833. The van der Waals surface area contributed by atoms with Gasteiger partial charge < -0.3 is 10.1 Å². The SMILES string of the molecule is CCNC(c1cnnn1CC)C(OC)C1CC1. The van der Waals surface area contributed by atoms with Crippen LogP contribution in [-0.2, 0) is 11.3 Å². The van der Waals surface area contributed by atoms with E-state index in [0.29, 0.717) is 5.92 Å². The number of nitrogens with one attached hydrogen (secondary N) is 1. The zero-order chi connectivity index (χ0) is 12.3. The lowest BCUT2D eigenvalue weighted by Crippen LogP contribution is -2.36. The number of aryl methyl sites for hydroxylation is 1. The first-order valence-corrected chi connectivity index (χ1v) is 6.46. The molecule has 0 bridgehead atoms. The topological polar surface area (TPSA) is 52.0 Å². The first-order chi connectivity index (χ1) is 8.31. The maximum atomic E-state index is 5.68. The molecule has 0 saturated heterocycles. The van der Waals surface area contributed by atoms with Gasteiger partial charge in [-0.25, -0.2) is 4.68 Å². The van der Waals surface area contributed by atoms with E-state index >= 15 is 0 Å². The van der Waals surface area contributed by atoms with Crippen LogP contribution in [0.15, 0.2) is 6.20 Å². The molecule has 2 unspecified atom stereocenters. The van der Waals surface area contributed by atoms with Crippen LogP contribution < -0.4 is 5.32 Å². The molecule has 0 radical (unpaired) electrons. The summed E-state index contributed by atoms with van der Waals surface area (Å²) < 4.78 is 7.63. The van der Waals surface area contributed by atoms with E-state index in [0.717, 1.165) is 18.8 Å². The van der Waals surface area contributed by atoms with Gasteiger partial charge in [0, 0.05) is 13.7 Å². The van der Waals surface area contributed by atoms with Gasteiger partial charge in [-0.3, -0.25) is 0 Å². The Hall–Kier alpha value is -0.940. The van der Waals surface area contributed by atoms with E-state index in [1.165, 1.54) is 12.8 Å². The molecule has 2 atom stereocenters. The van der Waals surface area contributed by atoms with Crippen LogP contribution in [0.3, 0.4) is 0 Å². The number of ether oxygens (including phenoxy) is 1. The van der Waals surface area contributed by atoms with Gasteiger partial charge in [0.15, 0.2) is 0 Å². The van der Waals surface area contributed by atoms with Gasteiger partial charge in [-0.2, -0.15) is 0 Å². The van der Waals surface area contributed by atoms with E-state index in [1.807, 2.05) is 10.9 Å². The molecule has 5 nitrogen and oxygen atoms in total. The van der Waals surface area contributed by atoms with Gasteiger partial charge in [-0.15, -0.1) is 5.10 Å². The molecule has 1 saturated carbocycles. The van der Waals surface area contributed by atoms with E-state index in [-0.39, 0.29) is 12.1 Å². The number of nitrogens with zero attached hydrogens (tertiary/aromatic N) is 3. The maximum absolute atomic E-state index is 5.68. The minimum atomic E-state index is 0.201. The van der Waals surface area contributed by atoms with Crippen molar-refractivity contribution in [3.63, 3.8) is 0 Å². The Bertz CT molecular complexity index is 348. The number of hydrogen-bond acceptors (Lipinski definition) is 4. The van der Waals surface area contributed by atoms with Gasteiger partial charge in [-0.05, 0) is 32.2 Å². The largest absolute Gasteiger partial charge is 0.379 e. The van der Waals surface area contributed by atoms with Crippen molar-refractivity contribution in [2.45, 2.75) is 45.4 Å². The minimum Gasteiger partial charge on any atom is -0.379 e. The molecule has 0 spiro atoms. The third-order valence-electron chi connectivity index (χ3n) is 3.38. The molecular weight excluding hydrogens is 216 g/mol. The van der Waals surface area contributed by atoms with Gasteiger partial charge in [0.25, 0.3) is 0 Å². The number of hydrogen-bond donors (Lipinski definition) is 1. The summed E-state index contributed by atoms with van der Waals surface area (Å²) in [5.74, 6) is 0.684. The molecule has 1 heterocycles. The summed E-state index contributed by atoms with van der Waals surface area (Å²) >= 11 is 0. The predicted molar refractivity (Wildman–Crippen MR) is 65.6 cm³/mol. The van der Waals surface area contributed by atoms with Gasteiger partial charge >= 0.3 is 0 Å². The number of aromatic nitrogens is 3. The summed E-state index contributed by atoms with van der Waals surface area (Å²) in [6.07, 6.45) is 4.63. The molecule has 1 fully saturated rings. The Labute approximate surface area is 103 Å². The molecule has 17 heavy (non-hydrogen) atoms. The molecule has 0 aliphatic heterocycles. The highest BCUT2D eigenvalue weighted by atomic mass is 16.5. The first kappa shape index (κ1) is 12.5. The zero-order valence-electron chi connectivity index (χ0n) is 10.9. The molecule has 0 aromatic carbocycles. The molecule has 96 valence electrons. The van der Waals surface area contributed by atoms with Crippen LogP contribution in [0.4, 0.5) is 0 Å². The number of rotatable bonds is 7. The van der Waals surface area contributed by atoms with E-state index < -0.39 is 0 Å². The summed E-state index contributed by atoms with van der Waals surface area (Å²) in [4.78, 5) is 0. The average Bonchev–Trinajstić information content (AvgIpc) is 3.06. The molecule has 1 aliphatic rings. The lowest BCUT2D eigenvalue weighted by Gasteiger charge is -2.26. The van der Waals surface area contributed by atoms with Crippen LogP contribution in [0.2, 0.25) is 0 Å². The van der Waals surface area contributed by atoms with Gasteiger partial charge in [0.2, 0.25) is 0 Å². The summed E-state index contributed by atoms with van der Waals surface area (Å²) in [6.45, 7) is 5.97. The van der Waals surface area contributed by atoms with Crippen molar-refractivity contribution in [1.82, 2.24) is 20.3 Å². The summed E-state index contributed by atoms with van der Waals surface area (Å²) in [7, 11) is 1.80. The molecule has 1 aliphatic carbocycles. The smallest absolute Gasteiger partial charge is 0.0809 e. The summed E-state index contributed by atoms with van der Waals surface area (Å²) in [5, 5.41) is 11.6. The Balaban J connectivity index is 2.20. The van der Waals surface area contributed by atoms with Crippen LogP contribution >= 0.6 is 0 Å². The van der Waals surface area contributed by atoms with Crippen molar-refractivity contribution in [3.05, 3.63) is 11.9 Å². The van der Waals surface area contributed by atoms with Crippen LogP contribution in [0.1, 0.15) is 38.4 Å². The highest BCUT2D eigenvalue weighted by molar-refractivity contribution is 5.08. The van der Waals surface area contributed by atoms with Crippen LogP contribution in [0.25, 0.3) is 0 Å². The third-order valence-corrected chi connectivity index (χ3v) is 3.38. The van der Waals surface area contributed by atoms with Crippen molar-refractivity contribution in [2.24, 2.45) is 5.92 Å². The quantitative estimate of drug-likeness (QED) is 0.779. The fourth-order valence-corrected chi connectivity index (χ4v) is 2.39. The van der Waals surface area contributed by atoms with Gasteiger partial charge in [0.1, 0.15) is 0 Å². The standard InChI is InChI=1S/C12H22N4O/c1-4-13-11(12(17-3)9-6-7-9)10-8-14-15-16(10)5-2/h8-9,11-13H,4-7H2,1-3H3. The van der Waals surface area contributed by atoms with Crippen LogP contribution in [0.5, 0.6) is 0 Å². The van der Waals surface area contributed by atoms with E-state index in [2.05, 4.69) is 29.5 Å². The normalized spacial score (nSPS) is 19.2. The van der Waals surface area contributed by atoms with Crippen LogP contribution in [-0.4, -0.2) is 34.8 Å². The zero-order valence-corrected chi connectivity index (χ0v) is 10.9. The maximum Gasteiger partial charge on any atom is 0.0809 e. The van der Waals surface area contributed by atoms with Crippen molar-refractivity contribution >= 4 is 0 Å². The first-order valence-electron chi connectivity index (χ1n) is 6.46. The van der Waals surface area contributed by atoms with Gasteiger partial charge in [-0.1, -0.05) is 12.1 Å². The lowest BCUT2D eigenvalue weighted by molar-refractivity contribution is 0.0485. The molecule has 1 aromatic heterocycles. The summed E-state index contributed by atoms with van der Waals surface area (Å²) in [5.41, 5.74) is 1.13. The van der Waals surface area contributed by atoms with Crippen molar-refractivity contribution in [2.75, 3.05) is 13.7 Å². The second-order valence-electron chi connectivity index (χ2n) is 4.55. The van der Waals surface area contributed by atoms with Gasteiger partial charge in [0.05, 0.1) is 24.0 Å². The second-order valence-corrected chi connectivity index (χ2v) is 4.55. The molecule has 2 rings (SSSR count). The highest BCUT2D eigenvalue weighted by Gasteiger charge is 2.38. The Morgan fingerprint density at radius 2 is 2.29 bits per heavy atom. The Kier molecular flexibility index (Phi) is 4.12. The second kappa shape index (κ2) is 5.60. The van der Waals surface area contributed by atoms with E-state index in [9.17, 15) is 0 Å². The molecule has 1 N–H and O–H groups in total. The third kappa shape index (κ3) is 2.66. The lowest BCUT2D eigenvalue weighted by atomic mass is 10.0. The molecule has 0 amide bonds. The summed E-state index contributed by atoms with van der Waals surface area (Å²) in [6, 6.07) is 0.201. The average molecular weight is 238 g/mol. The fourth-order valence-electron chi connectivity index (χ4n) is 2.39. The van der Waals surface area contributed by atoms with Crippen molar-refractivity contribution < 1.29 is 4.74 Å². The number of methoxy groups -OCH3 is 1. The predicted octanol–water partition coefficient (Wildman–Crippen LogP) is 1.37. The number of likely N-dealkylation sites (N-methyl/N-ethyl adjacent to an activating group) is 1. The minimum absolute atomic E-state index is 0.201. The monoisotopic (exact) mass is 238 g/mol. The highest BCUT2D eigenvalue weighted by Crippen LogP contribution is 2.39. The molecule has 1 aromatic rings. The van der Waals surface area contributed by atoms with E-state index in [4.69, 9.17) is 4.74 Å².